The summed E-state index contributed by atoms with van der Waals surface area (Å²) in [5, 5.41) is 0. The van der Waals surface area contributed by atoms with E-state index in [-0.39, 0.29) is 5.97 Å². The largest absolute Gasteiger partial charge is 0.466 e. The summed E-state index contributed by atoms with van der Waals surface area (Å²) in [7, 11) is 0. The minimum Gasteiger partial charge on any atom is -0.466 e. The molecule has 0 spiro atoms. The molecule has 3 nitrogen and oxygen atoms in total. The summed E-state index contributed by atoms with van der Waals surface area (Å²) in [5.41, 5.74) is 1.53. The predicted octanol–water partition coefficient (Wildman–Crippen LogP) is 3.42. The van der Waals surface area contributed by atoms with Gasteiger partial charge < -0.3 is 9.15 Å². The Morgan fingerprint density at radius 1 is 1.18 bits per heavy atom. The highest BCUT2D eigenvalue weighted by Gasteiger charge is 2.15. The van der Waals surface area contributed by atoms with Crippen molar-refractivity contribution in [2.24, 2.45) is 0 Å². The van der Waals surface area contributed by atoms with E-state index in [4.69, 9.17) is 9.15 Å². The smallest absolute Gasteiger partial charge is 0.347 e. The first-order valence-corrected chi connectivity index (χ1v) is 5.42. The minimum absolute atomic E-state index is 0.384. The Bertz CT molecular complexity index is 552. The van der Waals surface area contributed by atoms with Crippen molar-refractivity contribution in [3.05, 3.63) is 53.0 Å². The molecule has 0 bridgehead atoms. The summed E-state index contributed by atoms with van der Waals surface area (Å²) in [6, 6.07) is 9.07. The van der Waals surface area contributed by atoms with Crippen LogP contribution in [0, 0.1) is 20.8 Å². The van der Waals surface area contributed by atoms with E-state index >= 15 is 0 Å². The molecule has 88 valence electrons. The number of aryl methyl sites for hydroxylation is 3. The van der Waals surface area contributed by atoms with Gasteiger partial charge in [-0.2, -0.15) is 0 Å². The highest BCUT2D eigenvalue weighted by atomic mass is 16.5. The zero-order valence-electron chi connectivity index (χ0n) is 10.1. The molecule has 3 heteroatoms. The standard InChI is InChI=1S/C14H14O3/c1-9-5-4-6-12(7-9)17-14(15)13-8-10(2)16-11(13)3/h4-8H,1-3H3. The Morgan fingerprint density at radius 3 is 2.53 bits per heavy atom. The Labute approximate surface area is 100 Å². The fraction of sp³-hybridized carbons (Fsp3) is 0.214. The average molecular weight is 230 g/mol. The normalized spacial score (nSPS) is 10.3. The Hall–Kier alpha value is -2.03. The van der Waals surface area contributed by atoms with Gasteiger partial charge in [-0.15, -0.1) is 0 Å². The van der Waals surface area contributed by atoms with Crippen LogP contribution in [-0.2, 0) is 0 Å². The van der Waals surface area contributed by atoms with Crippen molar-refractivity contribution in [2.75, 3.05) is 0 Å². The molecule has 2 rings (SSSR count). The molecular formula is C14H14O3. The van der Waals surface area contributed by atoms with E-state index in [9.17, 15) is 4.79 Å². The molecule has 2 aromatic rings. The molecule has 0 fully saturated rings. The van der Waals surface area contributed by atoms with Gasteiger partial charge in [-0.05, 0) is 44.5 Å². The second-order valence-corrected chi connectivity index (χ2v) is 4.03. The zero-order valence-corrected chi connectivity index (χ0v) is 10.1. The van der Waals surface area contributed by atoms with Gasteiger partial charge in [0.05, 0.1) is 0 Å². The van der Waals surface area contributed by atoms with E-state index in [1.165, 1.54) is 0 Å². The van der Waals surface area contributed by atoms with Crippen molar-refractivity contribution in [2.45, 2.75) is 20.8 Å². The first kappa shape index (κ1) is 11.5. The van der Waals surface area contributed by atoms with Crippen LogP contribution in [0.15, 0.2) is 34.7 Å². The van der Waals surface area contributed by atoms with Crippen LogP contribution in [-0.4, -0.2) is 5.97 Å². The molecular weight excluding hydrogens is 216 g/mol. The number of carbonyl (C=O) groups excluding carboxylic acids is 1. The third-order valence-corrected chi connectivity index (χ3v) is 2.46. The van der Waals surface area contributed by atoms with Crippen molar-refractivity contribution in [1.82, 2.24) is 0 Å². The van der Waals surface area contributed by atoms with Crippen LogP contribution in [0.4, 0.5) is 0 Å². The quantitative estimate of drug-likeness (QED) is 0.586. The summed E-state index contributed by atoms with van der Waals surface area (Å²) in [4.78, 5) is 11.9. The molecule has 1 aromatic heterocycles. The molecule has 0 amide bonds. The third kappa shape index (κ3) is 2.56. The van der Waals surface area contributed by atoms with Gasteiger partial charge in [0.2, 0.25) is 0 Å². The van der Waals surface area contributed by atoms with Gasteiger partial charge in [0.15, 0.2) is 0 Å². The summed E-state index contributed by atoms with van der Waals surface area (Å²) in [5.74, 6) is 1.46. The molecule has 0 atom stereocenters. The molecule has 0 saturated carbocycles. The van der Waals surface area contributed by atoms with Crippen molar-refractivity contribution < 1.29 is 13.9 Å². The Kier molecular flexibility index (Phi) is 3.00. The van der Waals surface area contributed by atoms with Gasteiger partial charge in [-0.1, -0.05) is 12.1 Å². The van der Waals surface area contributed by atoms with Gasteiger partial charge in [0.1, 0.15) is 22.8 Å². The van der Waals surface area contributed by atoms with E-state index in [0.717, 1.165) is 5.56 Å². The average Bonchev–Trinajstić information content (AvgIpc) is 2.58. The predicted molar refractivity (Wildman–Crippen MR) is 64.3 cm³/mol. The van der Waals surface area contributed by atoms with Crippen molar-refractivity contribution in [3.8, 4) is 5.75 Å². The van der Waals surface area contributed by atoms with Crippen LogP contribution in [0.1, 0.15) is 27.4 Å². The maximum Gasteiger partial charge on any atom is 0.347 e. The lowest BCUT2D eigenvalue weighted by Gasteiger charge is -2.03. The number of furan rings is 1. The fourth-order valence-electron chi connectivity index (χ4n) is 1.67. The molecule has 0 aliphatic rings. The fourth-order valence-corrected chi connectivity index (χ4v) is 1.67. The highest BCUT2D eigenvalue weighted by Crippen LogP contribution is 2.18. The van der Waals surface area contributed by atoms with Gasteiger partial charge in [0, 0.05) is 0 Å². The van der Waals surface area contributed by atoms with Crippen molar-refractivity contribution in [1.29, 1.82) is 0 Å². The zero-order chi connectivity index (χ0) is 12.4. The SMILES string of the molecule is Cc1cccc(OC(=O)c2cc(C)oc2C)c1. The van der Waals surface area contributed by atoms with E-state index in [2.05, 4.69) is 0 Å². The lowest BCUT2D eigenvalue weighted by atomic mass is 10.2. The van der Waals surface area contributed by atoms with Crippen molar-refractivity contribution in [3.63, 3.8) is 0 Å². The lowest BCUT2D eigenvalue weighted by Crippen LogP contribution is -2.08. The van der Waals surface area contributed by atoms with E-state index < -0.39 is 0 Å². The molecule has 1 heterocycles. The summed E-state index contributed by atoms with van der Waals surface area (Å²) < 4.78 is 10.6. The third-order valence-electron chi connectivity index (χ3n) is 2.46. The molecule has 0 aliphatic heterocycles. The van der Waals surface area contributed by atoms with Gasteiger partial charge in [0.25, 0.3) is 0 Å². The van der Waals surface area contributed by atoms with Gasteiger partial charge in [-0.25, -0.2) is 4.79 Å². The topological polar surface area (TPSA) is 39.4 Å². The van der Waals surface area contributed by atoms with Gasteiger partial charge in [-0.3, -0.25) is 0 Å². The van der Waals surface area contributed by atoms with E-state index in [0.29, 0.717) is 22.8 Å². The minimum atomic E-state index is -0.384. The Morgan fingerprint density at radius 2 is 1.94 bits per heavy atom. The van der Waals surface area contributed by atoms with Crippen LogP contribution in [0.2, 0.25) is 0 Å². The number of carbonyl (C=O) groups is 1. The number of hydrogen-bond acceptors (Lipinski definition) is 3. The summed E-state index contributed by atoms with van der Waals surface area (Å²) in [6.07, 6.45) is 0. The second-order valence-electron chi connectivity index (χ2n) is 4.03. The molecule has 0 unspecified atom stereocenters. The lowest BCUT2D eigenvalue weighted by molar-refractivity contribution is 0.0733. The first-order valence-electron chi connectivity index (χ1n) is 5.42. The van der Waals surface area contributed by atoms with Crippen molar-refractivity contribution >= 4 is 5.97 Å². The Balaban J connectivity index is 2.20. The van der Waals surface area contributed by atoms with Crippen LogP contribution in [0.3, 0.4) is 0 Å². The maximum atomic E-state index is 11.9. The molecule has 0 aliphatic carbocycles. The maximum absolute atomic E-state index is 11.9. The van der Waals surface area contributed by atoms with Crippen LogP contribution in [0.5, 0.6) is 5.75 Å². The van der Waals surface area contributed by atoms with Crippen LogP contribution in [0.25, 0.3) is 0 Å². The molecule has 0 radical (unpaired) electrons. The summed E-state index contributed by atoms with van der Waals surface area (Å²) in [6.45, 7) is 5.50. The highest BCUT2D eigenvalue weighted by molar-refractivity contribution is 5.92. The molecule has 1 aromatic carbocycles. The molecule has 17 heavy (non-hydrogen) atoms. The first-order chi connectivity index (χ1) is 8.06. The second kappa shape index (κ2) is 4.45. The van der Waals surface area contributed by atoms with Gasteiger partial charge >= 0.3 is 5.97 Å². The molecule has 0 N–H and O–H groups in total. The van der Waals surface area contributed by atoms with E-state index in [1.54, 1.807) is 26.0 Å². The molecule has 0 saturated heterocycles. The summed E-state index contributed by atoms with van der Waals surface area (Å²) >= 11 is 0. The number of rotatable bonds is 2. The monoisotopic (exact) mass is 230 g/mol. The number of benzene rings is 1. The van der Waals surface area contributed by atoms with Crippen LogP contribution < -0.4 is 4.74 Å². The van der Waals surface area contributed by atoms with Crippen LogP contribution >= 0.6 is 0 Å². The van der Waals surface area contributed by atoms with E-state index in [1.807, 2.05) is 25.1 Å². The number of ether oxygens (including phenoxy) is 1. The number of esters is 1. The number of hydrogen-bond donors (Lipinski definition) is 0.